The molecule has 0 rings (SSSR count). The third-order valence-electron chi connectivity index (χ3n) is 10.0. The highest BCUT2D eigenvalue weighted by atomic mass is 16.3. The molecule has 3 atom stereocenters. The predicted octanol–water partition coefficient (Wildman–Crippen LogP) is 12.2. The van der Waals surface area contributed by atoms with Crippen molar-refractivity contribution in [2.45, 2.75) is 244 Å². The summed E-state index contributed by atoms with van der Waals surface area (Å²) in [4.78, 5) is 12.4. The Hall–Kier alpha value is -1.17. The smallest absolute Gasteiger partial charge is 0.249 e. The lowest BCUT2D eigenvalue weighted by molar-refractivity contribution is -0.131. The molecule has 0 radical (unpaired) electrons. The van der Waals surface area contributed by atoms with Crippen LogP contribution in [-0.2, 0) is 4.79 Å². The van der Waals surface area contributed by atoms with Crippen molar-refractivity contribution in [2.75, 3.05) is 6.61 Å². The van der Waals surface area contributed by atoms with E-state index in [0.717, 1.165) is 38.5 Å². The lowest BCUT2D eigenvalue weighted by Crippen LogP contribution is -2.48. The van der Waals surface area contributed by atoms with Gasteiger partial charge in [0.2, 0.25) is 5.91 Å². The van der Waals surface area contributed by atoms with Gasteiger partial charge in [-0.25, -0.2) is 0 Å². The maximum atomic E-state index is 12.4. The van der Waals surface area contributed by atoms with Crippen LogP contribution in [-0.4, -0.2) is 46.1 Å². The molecule has 0 aromatic carbocycles. The van der Waals surface area contributed by atoms with Gasteiger partial charge >= 0.3 is 0 Å². The van der Waals surface area contributed by atoms with Crippen LogP contribution in [0.25, 0.3) is 0 Å². The third-order valence-corrected chi connectivity index (χ3v) is 10.0. The molecule has 3 unspecified atom stereocenters. The molecule has 0 aromatic rings. The summed E-state index contributed by atoms with van der Waals surface area (Å²) in [5, 5.41) is 33.0. The maximum absolute atomic E-state index is 12.4. The molecule has 0 aliphatic heterocycles. The van der Waals surface area contributed by atoms with Crippen molar-refractivity contribution >= 4 is 5.91 Å². The Morgan fingerprint density at radius 3 is 1.24 bits per heavy atom. The summed E-state index contributed by atoms with van der Waals surface area (Å²) >= 11 is 0. The lowest BCUT2D eigenvalue weighted by atomic mass is 10.0. The standard InChI is InChI=1S/C44H85NO4/c1-3-5-7-9-11-13-15-16-17-18-19-20-21-22-23-24-25-26-27-29-30-32-34-36-38-42(47)41(40-46)45-44(49)43(48)39-37-35-33-31-28-14-12-10-8-6-4-2/h29-30,36,38,41-43,46-48H,3-28,31-35,37,39-40H2,1-2H3,(H,45,49)/b30-29+,38-36+. The number of aliphatic hydroxyl groups excluding tert-OH is 3. The summed E-state index contributed by atoms with van der Waals surface area (Å²) in [5.41, 5.74) is 0. The van der Waals surface area contributed by atoms with Crippen molar-refractivity contribution in [3.05, 3.63) is 24.3 Å². The first-order chi connectivity index (χ1) is 24.1. The largest absolute Gasteiger partial charge is 0.394 e. The summed E-state index contributed by atoms with van der Waals surface area (Å²) in [6, 6.07) is -0.809. The number of carbonyl (C=O) groups is 1. The van der Waals surface area contributed by atoms with E-state index in [1.807, 2.05) is 6.08 Å². The Kier molecular flexibility index (Phi) is 38.7. The van der Waals surface area contributed by atoms with Crippen molar-refractivity contribution in [3.63, 3.8) is 0 Å². The Labute approximate surface area is 305 Å². The van der Waals surface area contributed by atoms with E-state index in [0.29, 0.717) is 6.42 Å². The summed E-state index contributed by atoms with van der Waals surface area (Å²) in [5.74, 6) is -0.513. The van der Waals surface area contributed by atoms with E-state index in [9.17, 15) is 20.1 Å². The molecular weight excluding hydrogens is 606 g/mol. The van der Waals surface area contributed by atoms with Gasteiger partial charge in [0.05, 0.1) is 18.8 Å². The molecule has 0 heterocycles. The van der Waals surface area contributed by atoms with Crippen molar-refractivity contribution in [3.8, 4) is 0 Å². The van der Waals surface area contributed by atoms with Gasteiger partial charge in [0.1, 0.15) is 6.10 Å². The van der Waals surface area contributed by atoms with Crippen molar-refractivity contribution in [1.82, 2.24) is 5.32 Å². The zero-order valence-electron chi connectivity index (χ0n) is 32.8. The third kappa shape index (κ3) is 35.0. The first-order valence-electron chi connectivity index (χ1n) is 21.7. The highest BCUT2D eigenvalue weighted by Gasteiger charge is 2.22. The van der Waals surface area contributed by atoms with Crippen LogP contribution < -0.4 is 5.32 Å². The average molecular weight is 692 g/mol. The van der Waals surface area contributed by atoms with Crippen LogP contribution in [0.5, 0.6) is 0 Å². The number of carbonyl (C=O) groups excluding carboxylic acids is 1. The molecule has 0 saturated heterocycles. The average Bonchev–Trinajstić information content (AvgIpc) is 3.11. The fraction of sp³-hybridized carbons (Fsp3) is 0.886. The van der Waals surface area contributed by atoms with Crippen LogP contribution in [0.2, 0.25) is 0 Å². The second kappa shape index (κ2) is 39.6. The van der Waals surface area contributed by atoms with E-state index in [2.05, 4.69) is 31.3 Å². The number of hydrogen-bond donors (Lipinski definition) is 4. The highest BCUT2D eigenvalue weighted by Crippen LogP contribution is 2.16. The minimum Gasteiger partial charge on any atom is -0.394 e. The maximum Gasteiger partial charge on any atom is 0.249 e. The monoisotopic (exact) mass is 692 g/mol. The molecule has 0 spiro atoms. The summed E-state index contributed by atoms with van der Waals surface area (Å²) in [6.07, 6.45) is 47.9. The highest BCUT2D eigenvalue weighted by molar-refractivity contribution is 5.80. The zero-order valence-corrected chi connectivity index (χ0v) is 32.8. The molecule has 5 nitrogen and oxygen atoms in total. The molecule has 4 N–H and O–H groups in total. The van der Waals surface area contributed by atoms with Gasteiger partial charge in [-0.15, -0.1) is 0 Å². The molecule has 49 heavy (non-hydrogen) atoms. The number of nitrogens with one attached hydrogen (secondary N) is 1. The summed E-state index contributed by atoms with van der Waals surface area (Å²) in [6.45, 7) is 4.16. The van der Waals surface area contributed by atoms with Crippen molar-refractivity contribution in [1.29, 1.82) is 0 Å². The molecule has 0 aliphatic carbocycles. The molecule has 0 fully saturated rings. The van der Waals surface area contributed by atoms with Gasteiger partial charge in [0.25, 0.3) is 0 Å². The quantitative estimate of drug-likeness (QED) is 0.0381. The summed E-state index contributed by atoms with van der Waals surface area (Å²) in [7, 11) is 0. The fourth-order valence-corrected chi connectivity index (χ4v) is 6.61. The first kappa shape index (κ1) is 47.8. The van der Waals surface area contributed by atoms with E-state index in [-0.39, 0.29) is 6.61 Å². The fourth-order valence-electron chi connectivity index (χ4n) is 6.61. The van der Waals surface area contributed by atoms with Crippen molar-refractivity contribution in [2.24, 2.45) is 0 Å². The Morgan fingerprint density at radius 2 is 0.837 bits per heavy atom. The number of allylic oxidation sites excluding steroid dienone is 3. The molecule has 0 aliphatic rings. The van der Waals surface area contributed by atoms with Gasteiger partial charge in [-0.3, -0.25) is 4.79 Å². The number of rotatable bonds is 39. The van der Waals surface area contributed by atoms with E-state index < -0.39 is 24.2 Å². The SMILES string of the molecule is CCCCCCCCCCCCCCCCCCCC/C=C/CC/C=C/C(O)C(CO)NC(=O)C(O)CCCCCCCCCCCCC. The number of unbranched alkanes of at least 4 members (excludes halogenated alkanes) is 29. The second-order valence-corrected chi connectivity index (χ2v) is 14.9. The van der Waals surface area contributed by atoms with Gasteiger partial charge in [-0.2, -0.15) is 0 Å². The predicted molar refractivity (Wildman–Crippen MR) is 213 cm³/mol. The van der Waals surface area contributed by atoms with E-state index in [1.165, 1.54) is 167 Å². The molecule has 5 heteroatoms. The normalized spacial score (nSPS) is 13.8. The minimum atomic E-state index is -1.10. The zero-order chi connectivity index (χ0) is 35.9. The van der Waals surface area contributed by atoms with Gasteiger partial charge < -0.3 is 20.6 Å². The molecule has 0 bridgehead atoms. The topological polar surface area (TPSA) is 89.8 Å². The molecule has 290 valence electrons. The van der Waals surface area contributed by atoms with Crippen LogP contribution >= 0.6 is 0 Å². The Balaban J connectivity index is 3.66. The lowest BCUT2D eigenvalue weighted by Gasteiger charge is -2.21. The molecule has 1 amide bonds. The first-order valence-corrected chi connectivity index (χ1v) is 21.7. The second-order valence-electron chi connectivity index (χ2n) is 14.9. The minimum absolute atomic E-state index is 0.373. The Bertz CT molecular complexity index is 724. The molecule has 0 aromatic heterocycles. The number of amides is 1. The Morgan fingerprint density at radius 1 is 0.490 bits per heavy atom. The van der Waals surface area contributed by atoms with Crippen LogP contribution in [0.3, 0.4) is 0 Å². The van der Waals surface area contributed by atoms with Crippen LogP contribution in [0.15, 0.2) is 24.3 Å². The van der Waals surface area contributed by atoms with Crippen LogP contribution in [0.1, 0.15) is 226 Å². The van der Waals surface area contributed by atoms with Crippen LogP contribution in [0, 0.1) is 0 Å². The van der Waals surface area contributed by atoms with Crippen molar-refractivity contribution < 1.29 is 20.1 Å². The van der Waals surface area contributed by atoms with E-state index in [1.54, 1.807) is 6.08 Å². The molecular formula is C44H85NO4. The van der Waals surface area contributed by atoms with Gasteiger partial charge in [0.15, 0.2) is 0 Å². The van der Waals surface area contributed by atoms with Gasteiger partial charge in [-0.1, -0.05) is 218 Å². The molecule has 0 saturated carbocycles. The van der Waals surface area contributed by atoms with Crippen LogP contribution in [0.4, 0.5) is 0 Å². The number of aliphatic hydroxyl groups is 3. The van der Waals surface area contributed by atoms with E-state index in [4.69, 9.17) is 0 Å². The van der Waals surface area contributed by atoms with E-state index >= 15 is 0 Å². The summed E-state index contributed by atoms with van der Waals surface area (Å²) < 4.78 is 0. The van der Waals surface area contributed by atoms with Gasteiger partial charge in [0, 0.05) is 0 Å². The van der Waals surface area contributed by atoms with Gasteiger partial charge in [-0.05, 0) is 32.1 Å². The number of hydrogen-bond acceptors (Lipinski definition) is 4.